The van der Waals surface area contributed by atoms with E-state index in [0.29, 0.717) is 0 Å². The maximum Gasteiger partial charge on any atom is 0.418 e. The largest absolute Gasteiger partial charge is 0.418 e. The first-order chi connectivity index (χ1) is 9.41. The second-order valence-electron chi connectivity index (χ2n) is 4.44. The lowest BCUT2D eigenvalue weighted by Crippen LogP contribution is -2.34. The number of thioether (sulfide) groups is 1. The fraction of sp³-hybridized carbons (Fsp3) is 0.417. The molecule has 0 radical (unpaired) electrons. The van der Waals surface area contributed by atoms with Crippen LogP contribution in [0.15, 0.2) is 18.2 Å². The summed E-state index contributed by atoms with van der Waals surface area (Å²) in [5, 5.41) is 2.73. The first-order valence-corrected chi connectivity index (χ1v) is 7.14. The van der Waals surface area contributed by atoms with Gasteiger partial charge in [0.1, 0.15) is 0 Å². The van der Waals surface area contributed by atoms with Crippen molar-refractivity contribution in [3.63, 3.8) is 0 Å². The molecular formula is C12H14F3N3OS. The highest BCUT2D eigenvalue weighted by Gasteiger charge is 2.34. The van der Waals surface area contributed by atoms with Crippen LogP contribution in [0.25, 0.3) is 0 Å². The molecule has 0 spiro atoms. The predicted octanol–water partition coefficient (Wildman–Crippen LogP) is 2.23. The van der Waals surface area contributed by atoms with Gasteiger partial charge in [-0.25, -0.2) is 0 Å². The Morgan fingerprint density at radius 1 is 1.40 bits per heavy atom. The van der Waals surface area contributed by atoms with Crippen LogP contribution >= 0.6 is 11.8 Å². The minimum atomic E-state index is -4.57. The van der Waals surface area contributed by atoms with E-state index >= 15 is 0 Å². The summed E-state index contributed by atoms with van der Waals surface area (Å²) < 4.78 is 38.6. The SMILES string of the molecule is NNc1ccc(C(=O)NC2CCSC2)cc1C(F)(F)F. The lowest BCUT2D eigenvalue weighted by molar-refractivity contribution is -0.137. The van der Waals surface area contributed by atoms with Crippen LogP contribution in [0.1, 0.15) is 22.3 Å². The van der Waals surface area contributed by atoms with E-state index in [1.54, 1.807) is 11.8 Å². The number of amides is 1. The van der Waals surface area contributed by atoms with Crippen molar-refractivity contribution >= 4 is 23.4 Å². The van der Waals surface area contributed by atoms with Crippen molar-refractivity contribution in [2.75, 3.05) is 16.9 Å². The molecule has 2 rings (SSSR count). The van der Waals surface area contributed by atoms with Crippen molar-refractivity contribution in [2.24, 2.45) is 5.84 Å². The molecule has 4 N–H and O–H groups in total. The number of rotatable bonds is 3. The Balaban J connectivity index is 2.21. The number of benzene rings is 1. The molecule has 1 saturated heterocycles. The molecule has 0 saturated carbocycles. The van der Waals surface area contributed by atoms with E-state index in [1.807, 2.05) is 5.43 Å². The highest BCUT2D eigenvalue weighted by Crippen LogP contribution is 2.35. The van der Waals surface area contributed by atoms with Crippen molar-refractivity contribution in [2.45, 2.75) is 18.6 Å². The Hall–Kier alpha value is -1.41. The molecule has 1 amide bonds. The normalized spacial score (nSPS) is 18.9. The second kappa shape index (κ2) is 5.92. The van der Waals surface area contributed by atoms with Crippen molar-refractivity contribution in [3.8, 4) is 0 Å². The Labute approximate surface area is 118 Å². The third-order valence-electron chi connectivity index (χ3n) is 3.01. The maximum atomic E-state index is 12.9. The zero-order chi connectivity index (χ0) is 14.8. The molecule has 0 aromatic heterocycles. The summed E-state index contributed by atoms with van der Waals surface area (Å²) in [7, 11) is 0. The van der Waals surface area contributed by atoms with Crippen LogP contribution < -0.4 is 16.6 Å². The lowest BCUT2D eigenvalue weighted by atomic mass is 10.1. The van der Waals surface area contributed by atoms with E-state index in [9.17, 15) is 18.0 Å². The van der Waals surface area contributed by atoms with Crippen molar-refractivity contribution in [1.82, 2.24) is 5.32 Å². The van der Waals surface area contributed by atoms with Crippen LogP contribution in [-0.4, -0.2) is 23.5 Å². The van der Waals surface area contributed by atoms with Gasteiger partial charge in [-0.1, -0.05) is 0 Å². The highest BCUT2D eigenvalue weighted by atomic mass is 32.2. The first-order valence-electron chi connectivity index (χ1n) is 5.98. The molecule has 0 aliphatic carbocycles. The van der Waals surface area contributed by atoms with Gasteiger partial charge in [-0.15, -0.1) is 0 Å². The lowest BCUT2D eigenvalue weighted by Gasteiger charge is -2.15. The maximum absolute atomic E-state index is 12.9. The molecule has 20 heavy (non-hydrogen) atoms. The van der Waals surface area contributed by atoms with E-state index in [4.69, 9.17) is 5.84 Å². The van der Waals surface area contributed by atoms with Crippen molar-refractivity contribution in [3.05, 3.63) is 29.3 Å². The molecular weight excluding hydrogens is 291 g/mol. The Morgan fingerprint density at radius 3 is 2.70 bits per heavy atom. The van der Waals surface area contributed by atoms with Gasteiger partial charge >= 0.3 is 6.18 Å². The van der Waals surface area contributed by atoms with Crippen LogP contribution in [0, 0.1) is 0 Å². The molecule has 0 bridgehead atoms. The van der Waals surface area contributed by atoms with Crippen LogP contribution in [0.4, 0.5) is 18.9 Å². The molecule has 1 atom stereocenters. The summed E-state index contributed by atoms with van der Waals surface area (Å²) in [5.41, 5.74) is 0.757. The third-order valence-corrected chi connectivity index (χ3v) is 4.17. The molecule has 1 heterocycles. The van der Waals surface area contributed by atoms with Gasteiger partial charge in [0.25, 0.3) is 5.91 Å². The van der Waals surface area contributed by atoms with Crippen molar-refractivity contribution in [1.29, 1.82) is 0 Å². The van der Waals surface area contributed by atoms with Gasteiger partial charge in [0.2, 0.25) is 0 Å². The number of hydrogen-bond acceptors (Lipinski definition) is 4. The zero-order valence-corrected chi connectivity index (χ0v) is 11.3. The second-order valence-corrected chi connectivity index (χ2v) is 5.59. The van der Waals surface area contributed by atoms with Crippen LogP contribution in [0.2, 0.25) is 0 Å². The van der Waals surface area contributed by atoms with E-state index in [-0.39, 0.29) is 17.3 Å². The van der Waals surface area contributed by atoms with Gasteiger partial charge in [0.15, 0.2) is 0 Å². The van der Waals surface area contributed by atoms with Gasteiger partial charge in [0, 0.05) is 17.4 Å². The van der Waals surface area contributed by atoms with Crippen molar-refractivity contribution < 1.29 is 18.0 Å². The van der Waals surface area contributed by atoms with E-state index in [1.165, 1.54) is 6.07 Å². The average Bonchev–Trinajstić information content (AvgIpc) is 2.89. The molecule has 1 unspecified atom stereocenters. The summed E-state index contributed by atoms with van der Waals surface area (Å²) in [4.78, 5) is 11.9. The molecule has 1 aromatic rings. The van der Waals surface area contributed by atoms with Gasteiger partial charge in [0.05, 0.1) is 11.3 Å². The standard InChI is InChI=1S/C12H14F3N3OS/c13-12(14,15)9-5-7(1-2-10(9)18-16)11(19)17-8-3-4-20-6-8/h1-2,5,8,18H,3-4,6,16H2,(H,17,19). The summed E-state index contributed by atoms with van der Waals surface area (Å²) in [6, 6.07) is 3.31. The number of hydrogen-bond donors (Lipinski definition) is 3. The number of alkyl halides is 3. The number of halogens is 3. The molecule has 1 aliphatic heterocycles. The fourth-order valence-electron chi connectivity index (χ4n) is 1.96. The Kier molecular flexibility index (Phi) is 4.44. The highest BCUT2D eigenvalue weighted by molar-refractivity contribution is 7.99. The smallest absolute Gasteiger partial charge is 0.348 e. The number of nitrogens with two attached hydrogens (primary N) is 1. The van der Waals surface area contributed by atoms with Gasteiger partial charge in [-0.05, 0) is 30.4 Å². The number of nitrogen functional groups attached to an aromatic ring is 1. The fourth-order valence-corrected chi connectivity index (χ4v) is 3.12. The Bertz CT molecular complexity index is 501. The quantitative estimate of drug-likeness (QED) is 0.592. The van der Waals surface area contributed by atoms with E-state index in [2.05, 4.69) is 5.32 Å². The molecule has 1 aliphatic rings. The average molecular weight is 305 g/mol. The van der Waals surface area contributed by atoms with Gasteiger partial charge in [-0.3, -0.25) is 10.6 Å². The number of anilines is 1. The molecule has 8 heteroatoms. The minimum absolute atomic E-state index is 0.0202. The third kappa shape index (κ3) is 3.37. The van der Waals surface area contributed by atoms with Gasteiger partial charge < -0.3 is 10.7 Å². The van der Waals surface area contributed by atoms with Crippen LogP contribution in [-0.2, 0) is 6.18 Å². The minimum Gasteiger partial charge on any atom is -0.348 e. The number of carbonyl (C=O) groups excluding carboxylic acids is 1. The first kappa shape index (κ1) is 15.0. The molecule has 110 valence electrons. The topological polar surface area (TPSA) is 67.1 Å². The number of nitrogens with one attached hydrogen (secondary N) is 2. The summed E-state index contributed by atoms with van der Waals surface area (Å²) >= 11 is 1.71. The van der Waals surface area contributed by atoms with Crippen LogP contribution in [0.3, 0.4) is 0 Å². The summed E-state index contributed by atoms with van der Waals surface area (Å²) in [6.45, 7) is 0. The Morgan fingerprint density at radius 2 is 2.15 bits per heavy atom. The molecule has 4 nitrogen and oxygen atoms in total. The van der Waals surface area contributed by atoms with E-state index in [0.717, 1.165) is 30.1 Å². The summed E-state index contributed by atoms with van der Waals surface area (Å²) in [6.07, 6.45) is -3.73. The molecule has 1 aromatic carbocycles. The monoisotopic (exact) mass is 305 g/mol. The number of hydrazine groups is 1. The predicted molar refractivity (Wildman–Crippen MR) is 72.5 cm³/mol. The summed E-state index contributed by atoms with van der Waals surface area (Å²) in [5.74, 6) is 6.30. The zero-order valence-electron chi connectivity index (χ0n) is 10.5. The number of carbonyl (C=O) groups is 1. The van der Waals surface area contributed by atoms with Crippen LogP contribution in [0.5, 0.6) is 0 Å². The molecule has 1 fully saturated rings. The van der Waals surface area contributed by atoms with E-state index < -0.39 is 17.6 Å². The van der Waals surface area contributed by atoms with Gasteiger partial charge in [-0.2, -0.15) is 24.9 Å².